The van der Waals surface area contributed by atoms with Crippen molar-refractivity contribution >= 4 is 5.82 Å². The summed E-state index contributed by atoms with van der Waals surface area (Å²) in [6, 6.07) is 9.24. The van der Waals surface area contributed by atoms with Crippen LogP contribution in [0.25, 0.3) is 0 Å². The van der Waals surface area contributed by atoms with Gasteiger partial charge in [-0.3, -0.25) is 4.68 Å². The number of phenols is 1. The largest absolute Gasteiger partial charge is 0.508 e. The molecule has 0 saturated carbocycles. The molecule has 0 spiro atoms. The molecule has 4 nitrogen and oxygen atoms in total. The molecule has 0 saturated heterocycles. The van der Waals surface area contributed by atoms with Crippen molar-refractivity contribution in [2.75, 3.05) is 5.32 Å². The smallest absolute Gasteiger partial charge is 0.148 e. The minimum absolute atomic E-state index is 0.291. The zero-order valence-corrected chi connectivity index (χ0v) is 10.1. The van der Waals surface area contributed by atoms with Crippen molar-refractivity contribution in [3.8, 4) is 5.75 Å². The highest BCUT2D eigenvalue weighted by Gasteiger charge is 2.02. The molecule has 0 fully saturated rings. The molecular formula is C13H17N3O. The Labute approximate surface area is 101 Å². The number of anilines is 1. The lowest BCUT2D eigenvalue weighted by Crippen LogP contribution is -2.02. The maximum atomic E-state index is 9.35. The first-order valence-corrected chi connectivity index (χ1v) is 5.75. The van der Waals surface area contributed by atoms with Crippen molar-refractivity contribution < 1.29 is 5.11 Å². The van der Waals surface area contributed by atoms with Gasteiger partial charge in [-0.2, -0.15) is 5.10 Å². The summed E-state index contributed by atoms with van der Waals surface area (Å²) in [7, 11) is 0. The SMILES string of the molecule is CCn1nc(NCc2cccc(O)c2)cc1C. The van der Waals surface area contributed by atoms with Crippen LogP contribution in [0.4, 0.5) is 5.82 Å². The van der Waals surface area contributed by atoms with Crippen LogP contribution >= 0.6 is 0 Å². The average molecular weight is 231 g/mol. The Hall–Kier alpha value is -1.97. The molecule has 2 N–H and O–H groups in total. The monoisotopic (exact) mass is 231 g/mol. The molecule has 90 valence electrons. The van der Waals surface area contributed by atoms with Gasteiger partial charge in [0.15, 0.2) is 0 Å². The number of aromatic hydroxyl groups is 1. The summed E-state index contributed by atoms with van der Waals surface area (Å²) in [6.45, 7) is 5.64. The van der Waals surface area contributed by atoms with Gasteiger partial charge in [0.1, 0.15) is 11.6 Å². The Balaban J connectivity index is 2.02. The molecule has 17 heavy (non-hydrogen) atoms. The summed E-state index contributed by atoms with van der Waals surface area (Å²) in [4.78, 5) is 0. The van der Waals surface area contributed by atoms with Crippen molar-refractivity contribution in [2.45, 2.75) is 26.9 Å². The quantitative estimate of drug-likeness (QED) is 0.850. The molecule has 0 radical (unpaired) electrons. The number of rotatable bonds is 4. The van der Waals surface area contributed by atoms with Crippen LogP contribution in [-0.4, -0.2) is 14.9 Å². The number of nitrogens with one attached hydrogen (secondary N) is 1. The van der Waals surface area contributed by atoms with Crippen LogP contribution in [0.3, 0.4) is 0 Å². The molecule has 1 aromatic carbocycles. The van der Waals surface area contributed by atoms with E-state index >= 15 is 0 Å². The fourth-order valence-corrected chi connectivity index (χ4v) is 1.78. The van der Waals surface area contributed by atoms with Crippen molar-refractivity contribution in [2.24, 2.45) is 0 Å². The summed E-state index contributed by atoms with van der Waals surface area (Å²) in [5.74, 6) is 1.16. The average Bonchev–Trinajstić information content (AvgIpc) is 2.67. The van der Waals surface area contributed by atoms with Gasteiger partial charge in [-0.25, -0.2) is 0 Å². The van der Waals surface area contributed by atoms with Gasteiger partial charge in [-0.1, -0.05) is 12.1 Å². The molecule has 4 heteroatoms. The molecule has 1 heterocycles. The summed E-state index contributed by atoms with van der Waals surface area (Å²) in [5, 5.41) is 17.0. The Morgan fingerprint density at radius 3 is 2.82 bits per heavy atom. The lowest BCUT2D eigenvalue weighted by atomic mass is 10.2. The van der Waals surface area contributed by atoms with Gasteiger partial charge >= 0.3 is 0 Å². The summed E-state index contributed by atoms with van der Waals surface area (Å²) < 4.78 is 1.95. The number of aryl methyl sites for hydroxylation is 2. The summed E-state index contributed by atoms with van der Waals surface area (Å²) >= 11 is 0. The maximum absolute atomic E-state index is 9.35. The first-order chi connectivity index (χ1) is 8.19. The van der Waals surface area contributed by atoms with Gasteiger partial charge in [0.05, 0.1) is 0 Å². The molecule has 2 aromatic rings. The molecule has 0 aliphatic heterocycles. The van der Waals surface area contributed by atoms with Gasteiger partial charge in [-0.05, 0) is 31.5 Å². The first-order valence-electron chi connectivity index (χ1n) is 5.75. The molecule has 0 unspecified atom stereocenters. The van der Waals surface area contributed by atoms with Crippen molar-refractivity contribution in [1.82, 2.24) is 9.78 Å². The van der Waals surface area contributed by atoms with E-state index in [1.165, 1.54) is 0 Å². The van der Waals surface area contributed by atoms with E-state index in [2.05, 4.69) is 17.3 Å². The van der Waals surface area contributed by atoms with Gasteiger partial charge in [-0.15, -0.1) is 0 Å². The van der Waals surface area contributed by atoms with Crippen molar-refractivity contribution in [1.29, 1.82) is 0 Å². The van der Waals surface area contributed by atoms with E-state index in [1.807, 2.05) is 29.8 Å². The number of hydrogen-bond donors (Lipinski definition) is 2. The van der Waals surface area contributed by atoms with E-state index in [1.54, 1.807) is 12.1 Å². The zero-order valence-electron chi connectivity index (χ0n) is 10.1. The number of hydrogen-bond acceptors (Lipinski definition) is 3. The van der Waals surface area contributed by atoms with Crippen LogP contribution in [-0.2, 0) is 13.1 Å². The minimum Gasteiger partial charge on any atom is -0.508 e. The number of benzene rings is 1. The highest BCUT2D eigenvalue weighted by atomic mass is 16.3. The van der Waals surface area contributed by atoms with Crippen molar-refractivity contribution in [3.05, 3.63) is 41.6 Å². The molecule has 0 bridgehead atoms. The van der Waals surface area contributed by atoms with E-state index in [-0.39, 0.29) is 0 Å². The second-order valence-electron chi connectivity index (χ2n) is 4.01. The van der Waals surface area contributed by atoms with Crippen LogP contribution in [0.15, 0.2) is 30.3 Å². The third-order valence-electron chi connectivity index (χ3n) is 2.66. The molecule has 0 atom stereocenters. The van der Waals surface area contributed by atoms with Crippen LogP contribution in [0, 0.1) is 6.92 Å². The molecular weight excluding hydrogens is 214 g/mol. The van der Waals surface area contributed by atoms with E-state index in [0.29, 0.717) is 12.3 Å². The van der Waals surface area contributed by atoms with Crippen LogP contribution in [0.5, 0.6) is 5.75 Å². The lowest BCUT2D eigenvalue weighted by Gasteiger charge is -2.03. The summed E-state index contributed by atoms with van der Waals surface area (Å²) in [5.41, 5.74) is 2.18. The van der Waals surface area contributed by atoms with E-state index in [4.69, 9.17) is 0 Å². The maximum Gasteiger partial charge on any atom is 0.148 e. The van der Waals surface area contributed by atoms with E-state index < -0.39 is 0 Å². The van der Waals surface area contributed by atoms with Crippen molar-refractivity contribution in [3.63, 3.8) is 0 Å². The second-order valence-corrected chi connectivity index (χ2v) is 4.01. The Morgan fingerprint density at radius 2 is 2.18 bits per heavy atom. The van der Waals surface area contributed by atoms with Gasteiger partial charge in [0.25, 0.3) is 0 Å². The van der Waals surface area contributed by atoms with Gasteiger partial charge in [0, 0.05) is 24.8 Å². The Morgan fingerprint density at radius 1 is 1.35 bits per heavy atom. The Bertz CT molecular complexity index is 505. The number of aromatic nitrogens is 2. The number of phenolic OH excluding ortho intramolecular Hbond substituents is 1. The molecule has 0 aliphatic rings. The fraction of sp³-hybridized carbons (Fsp3) is 0.308. The highest BCUT2D eigenvalue weighted by molar-refractivity contribution is 5.37. The summed E-state index contributed by atoms with van der Waals surface area (Å²) in [6.07, 6.45) is 0. The predicted octanol–water partition coefficient (Wildman–Crippen LogP) is 2.53. The second kappa shape index (κ2) is 4.91. The number of nitrogens with zero attached hydrogens (tertiary/aromatic N) is 2. The van der Waals surface area contributed by atoms with Crippen LogP contribution in [0.1, 0.15) is 18.2 Å². The standard InChI is InChI=1S/C13H17N3O/c1-3-16-10(2)7-13(15-16)14-9-11-5-4-6-12(17)8-11/h4-8,17H,3,9H2,1-2H3,(H,14,15). The zero-order chi connectivity index (χ0) is 12.3. The topological polar surface area (TPSA) is 50.1 Å². The van der Waals surface area contributed by atoms with Crippen LogP contribution < -0.4 is 5.32 Å². The molecule has 0 aliphatic carbocycles. The van der Waals surface area contributed by atoms with Crippen LogP contribution in [0.2, 0.25) is 0 Å². The lowest BCUT2D eigenvalue weighted by molar-refractivity contribution is 0.474. The Kier molecular flexibility index (Phi) is 3.32. The fourth-order valence-electron chi connectivity index (χ4n) is 1.78. The van der Waals surface area contributed by atoms with E-state index in [9.17, 15) is 5.11 Å². The van der Waals surface area contributed by atoms with Gasteiger partial charge in [0.2, 0.25) is 0 Å². The molecule has 2 rings (SSSR count). The first kappa shape index (κ1) is 11.5. The normalized spacial score (nSPS) is 10.5. The third kappa shape index (κ3) is 2.78. The molecule has 1 aromatic heterocycles. The molecule has 0 amide bonds. The predicted molar refractivity (Wildman–Crippen MR) is 68.1 cm³/mol. The highest BCUT2D eigenvalue weighted by Crippen LogP contribution is 2.13. The van der Waals surface area contributed by atoms with E-state index in [0.717, 1.165) is 23.6 Å². The van der Waals surface area contributed by atoms with Gasteiger partial charge < -0.3 is 10.4 Å². The third-order valence-corrected chi connectivity index (χ3v) is 2.66. The minimum atomic E-state index is 0.291.